The minimum absolute atomic E-state index is 0.0544. The van der Waals surface area contributed by atoms with Gasteiger partial charge in [-0.1, -0.05) is 19.9 Å². The molecule has 0 fully saturated rings. The number of hydrogen-bond donors (Lipinski definition) is 2. The number of rotatable bonds is 3. The Morgan fingerprint density at radius 2 is 2.03 bits per heavy atom. The highest BCUT2D eigenvalue weighted by Crippen LogP contribution is 2.43. The third-order valence-corrected chi connectivity index (χ3v) is 6.26. The number of amidine groups is 1. The molecule has 3 heterocycles. The normalized spacial score (nSPS) is 17.9. The van der Waals surface area contributed by atoms with Crippen LogP contribution < -0.4 is 10.2 Å². The predicted molar refractivity (Wildman–Crippen MR) is 120 cm³/mol. The van der Waals surface area contributed by atoms with Crippen LogP contribution in [0.2, 0.25) is 0 Å². The van der Waals surface area contributed by atoms with Crippen LogP contribution in [0, 0.1) is 5.41 Å². The van der Waals surface area contributed by atoms with Gasteiger partial charge in [-0.3, -0.25) is 14.9 Å². The molecule has 0 unspecified atom stereocenters. The standard InChI is InChI=1S/C23H30N6O/c1-15(30)28-9-8-20(25-4)18(13-28)22(24)29-14-23(2,3)19-10-16(6-7-21(19)29)17-11-26-27(5)12-17/h6-7,10-12,24-25H,8-9,13-14H2,1-5H3. The number of carbonyl (C=O) groups excluding carboxylic acids is 1. The van der Waals surface area contributed by atoms with Gasteiger partial charge in [0.25, 0.3) is 0 Å². The molecule has 2 N–H and O–H groups in total. The van der Waals surface area contributed by atoms with E-state index in [9.17, 15) is 4.79 Å². The van der Waals surface area contributed by atoms with Crippen LogP contribution in [-0.2, 0) is 17.3 Å². The maximum Gasteiger partial charge on any atom is 0.219 e. The number of hydrogen-bond acceptors (Lipinski definition) is 4. The molecule has 158 valence electrons. The fourth-order valence-electron chi connectivity index (χ4n) is 4.52. The fraction of sp³-hybridized carbons (Fsp3) is 0.435. The molecule has 2 aromatic rings. The monoisotopic (exact) mass is 406 g/mol. The van der Waals surface area contributed by atoms with E-state index in [1.807, 2.05) is 36.1 Å². The summed E-state index contributed by atoms with van der Waals surface area (Å²) in [5, 5.41) is 16.6. The second-order valence-electron chi connectivity index (χ2n) is 8.85. The quantitative estimate of drug-likeness (QED) is 0.607. The Morgan fingerprint density at radius 1 is 1.27 bits per heavy atom. The van der Waals surface area contributed by atoms with Crippen molar-refractivity contribution in [1.29, 1.82) is 5.41 Å². The van der Waals surface area contributed by atoms with Crippen LogP contribution in [0.3, 0.4) is 0 Å². The van der Waals surface area contributed by atoms with Gasteiger partial charge in [-0.2, -0.15) is 5.10 Å². The van der Waals surface area contributed by atoms with E-state index < -0.39 is 0 Å². The highest BCUT2D eigenvalue weighted by atomic mass is 16.2. The molecule has 1 amide bonds. The van der Waals surface area contributed by atoms with Crippen LogP contribution in [0.4, 0.5) is 5.69 Å². The van der Waals surface area contributed by atoms with E-state index in [-0.39, 0.29) is 11.3 Å². The summed E-state index contributed by atoms with van der Waals surface area (Å²) in [4.78, 5) is 15.9. The number of anilines is 1. The van der Waals surface area contributed by atoms with Gasteiger partial charge in [-0.25, -0.2) is 0 Å². The van der Waals surface area contributed by atoms with Gasteiger partial charge in [-0.15, -0.1) is 0 Å². The van der Waals surface area contributed by atoms with Gasteiger partial charge in [0.05, 0.1) is 12.7 Å². The van der Waals surface area contributed by atoms with E-state index in [0.717, 1.165) is 41.1 Å². The maximum atomic E-state index is 12.0. The summed E-state index contributed by atoms with van der Waals surface area (Å²) in [5.41, 5.74) is 6.40. The second kappa shape index (κ2) is 7.31. The summed E-state index contributed by atoms with van der Waals surface area (Å²) in [7, 11) is 3.82. The molecular weight excluding hydrogens is 376 g/mol. The summed E-state index contributed by atoms with van der Waals surface area (Å²) in [6.07, 6.45) is 4.65. The van der Waals surface area contributed by atoms with Gasteiger partial charge in [0, 0.05) is 74.7 Å². The van der Waals surface area contributed by atoms with Crippen molar-refractivity contribution in [2.24, 2.45) is 7.05 Å². The van der Waals surface area contributed by atoms with Crippen LogP contribution in [0.1, 0.15) is 32.8 Å². The first-order valence-electron chi connectivity index (χ1n) is 10.4. The van der Waals surface area contributed by atoms with Crippen molar-refractivity contribution >= 4 is 17.4 Å². The zero-order valence-electron chi connectivity index (χ0n) is 18.4. The van der Waals surface area contributed by atoms with Crippen molar-refractivity contribution in [1.82, 2.24) is 20.0 Å². The molecule has 0 saturated heterocycles. The Bertz CT molecular complexity index is 1050. The molecule has 0 aliphatic carbocycles. The van der Waals surface area contributed by atoms with Gasteiger partial charge < -0.3 is 15.1 Å². The first-order valence-corrected chi connectivity index (χ1v) is 10.4. The van der Waals surface area contributed by atoms with Gasteiger partial charge in [-0.05, 0) is 23.3 Å². The lowest BCUT2D eigenvalue weighted by Crippen LogP contribution is -2.43. The average molecular weight is 407 g/mol. The topological polar surface area (TPSA) is 77.2 Å². The van der Waals surface area contributed by atoms with E-state index >= 15 is 0 Å². The molecule has 7 nitrogen and oxygen atoms in total. The summed E-state index contributed by atoms with van der Waals surface area (Å²) >= 11 is 0. The largest absolute Gasteiger partial charge is 0.391 e. The number of benzene rings is 1. The molecule has 0 bridgehead atoms. The van der Waals surface area contributed by atoms with Crippen molar-refractivity contribution in [3.8, 4) is 11.1 Å². The van der Waals surface area contributed by atoms with Crippen LogP contribution >= 0.6 is 0 Å². The molecule has 0 radical (unpaired) electrons. The van der Waals surface area contributed by atoms with Crippen LogP contribution in [-0.4, -0.2) is 53.1 Å². The summed E-state index contributed by atoms with van der Waals surface area (Å²) < 4.78 is 1.81. The number of aryl methyl sites for hydroxylation is 1. The Morgan fingerprint density at radius 3 is 2.67 bits per heavy atom. The van der Waals surface area contributed by atoms with E-state index in [2.05, 4.69) is 47.4 Å². The average Bonchev–Trinajstić information content (AvgIpc) is 3.27. The molecule has 0 saturated carbocycles. The molecule has 1 aromatic carbocycles. The van der Waals surface area contributed by atoms with E-state index in [1.165, 1.54) is 5.56 Å². The zero-order chi connectivity index (χ0) is 21.6. The Kier molecular flexibility index (Phi) is 4.92. The minimum atomic E-state index is -0.0881. The maximum absolute atomic E-state index is 12.0. The van der Waals surface area contributed by atoms with Crippen molar-refractivity contribution in [2.75, 3.05) is 31.6 Å². The molecule has 2 aliphatic rings. The van der Waals surface area contributed by atoms with Gasteiger partial charge in [0.15, 0.2) is 0 Å². The lowest BCUT2D eigenvalue weighted by atomic mass is 9.85. The van der Waals surface area contributed by atoms with E-state index in [0.29, 0.717) is 18.9 Å². The predicted octanol–water partition coefficient (Wildman–Crippen LogP) is 2.89. The van der Waals surface area contributed by atoms with Gasteiger partial charge in [0.1, 0.15) is 5.84 Å². The lowest BCUT2D eigenvalue weighted by molar-refractivity contribution is -0.128. The van der Waals surface area contributed by atoms with E-state index in [4.69, 9.17) is 5.41 Å². The summed E-state index contributed by atoms with van der Waals surface area (Å²) in [6.45, 7) is 7.95. The SMILES string of the molecule is CNC1=C(C(=N)N2CC(C)(C)c3cc(-c4cnn(C)c4)ccc32)CN(C(C)=O)CC1. The van der Waals surface area contributed by atoms with Crippen molar-refractivity contribution in [3.05, 3.63) is 47.4 Å². The van der Waals surface area contributed by atoms with Crippen LogP contribution in [0.15, 0.2) is 41.9 Å². The van der Waals surface area contributed by atoms with E-state index in [1.54, 1.807) is 6.92 Å². The molecule has 4 rings (SSSR count). The van der Waals surface area contributed by atoms with Crippen molar-refractivity contribution < 1.29 is 4.79 Å². The lowest BCUT2D eigenvalue weighted by Gasteiger charge is -2.33. The first kappa shape index (κ1) is 20.2. The highest BCUT2D eigenvalue weighted by Gasteiger charge is 2.39. The van der Waals surface area contributed by atoms with Crippen molar-refractivity contribution in [3.63, 3.8) is 0 Å². The number of nitrogens with zero attached hydrogens (tertiary/aromatic N) is 4. The Labute approximate surface area is 177 Å². The fourth-order valence-corrected chi connectivity index (χ4v) is 4.52. The number of amides is 1. The number of carbonyl (C=O) groups is 1. The molecule has 7 heteroatoms. The smallest absolute Gasteiger partial charge is 0.219 e. The number of nitrogens with one attached hydrogen (secondary N) is 2. The van der Waals surface area contributed by atoms with Gasteiger partial charge >= 0.3 is 0 Å². The molecule has 0 atom stereocenters. The minimum Gasteiger partial charge on any atom is -0.391 e. The third kappa shape index (κ3) is 3.38. The number of fused-ring (bicyclic) bond motifs is 1. The zero-order valence-corrected chi connectivity index (χ0v) is 18.4. The van der Waals surface area contributed by atoms with Crippen LogP contribution in [0.25, 0.3) is 11.1 Å². The summed E-state index contributed by atoms with van der Waals surface area (Å²) in [5.74, 6) is 0.532. The Balaban J connectivity index is 1.71. The van der Waals surface area contributed by atoms with Gasteiger partial charge in [0.2, 0.25) is 5.91 Å². The first-order chi connectivity index (χ1) is 14.2. The molecule has 1 aromatic heterocycles. The second-order valence-corrected chi connectivity index (χ2v) is 8.85. The summed E-state index contributed by atoms with van der Waals surface area (Å²) in [6, 6.07) is 6.45. The number of aromatic nitrogens is 2. The molecular formula is C23H30N6O. The van der Waals surface area contributed by atoms with Crippen LogP contribution in [0.5, 0.6) is 0 Å². The molecule has 2 aliphatic heterocycles. The molecule has 0 spiro atoms. The van der Waals surface area contributed by atoms with Crippen molar-refractivity contribution in [2.45, 2.75) is 32.6 Å². The Hall–Kier alpha value is -3.09. The molecule has 30 heavy (non-hydrogen) atoms. The third-order valence-electron chi connectivity index (χ3n) is 6.26. The highest BCUT2D eigenvalue weighted by molar-refractivity contribution is 6.10.